The fraction of sp³-hybridized carbons (Fsp3) is 0.846. The highest BCUT2D eigenvalue weighted by molar-refractivity contribution is 7.98. The fourth-order valence-corrected chi connectivity index (χ4v) is 3.25. The van der Waals surface area contributed by atoms with Crippen molar-refractivity contribution in [1.82, 2.24) is 4.90 Å². The van der Waals surface area contributed by atoms with Crippen LogP contribution in [0.15, 0.2) is 5.16 Å². The summed E-state index contributed by atoms with van der Waals surface area (Å²) in [5.41, 5.74) is 5.02. The molecule has 0 bridgehead atoms. The molecule has 3 N–H and O–H groups in total. The summed E-state index contributed by atoms with van der Waals surface area (Å²) in [6.45, 7) is 2.04. The number of oxime groups is 1. The molecule has 1 aliphatic rings. The highest BCUT2D eigenvalue weighted by Crippen LogP contribution is 2.40. The molecule has 110 valence electrons. The minimum Gasteiger partial charge on any atom is -0.409 e. The van der Waals surface area contributed by atoms with Crippen LogP contribution in [0.1, 0.15) is 39.0 Å². The van der Waals surface area contributed by atoms with E-state index in [0.29, 0.717) is 12.8 Å². The van der Waals surface area contributed by atoms with Crippen molar-refractivity contribution in [2.75, 3.05) is 19.1 Å². The topological polar surface area (TPSA) is 78.9 Å². The van der Waals surface area contributed by atoms with Gasteiger partial charge in [-0.15, -0.1) is 0 Å². The first-order valence-electron chi connectivity index (χ1n) is 6.74. The lowest BCUT2D eigenvalue weighted by Gasteiger charge is -2.34. The van der Waals surface area contributed by atoms with Crippen molar-refractivity contribution in [3.8, 4) is 0 Å². The third kappa shape index (κ3) is 3.35. The third-order valence-corrected chi connectivity index (χ3v) is 4.83. The number of hydrogen-bond acceptors (Lipinski definition) is 4. The van der Waals surface area contributed by atoms with Gasteiger partial charge in [0.15, 0.2) is 5.84 Å². The number of amidine groups is 1. The largest absolute Gasteiger partial charge is 0.409 e. The quantitative estimate of drug-likeness (QED) is 0.338. The third-order valence-electron chi connectivity index (χ3n) is 4.19. The van der Waals surface area contributed by atoms with Crippen molar-refractivity contribution in [3.63, 3.8) is 0 Å². The summed E-state index contributed by atoms with van der Waals surface area (Å²) in [5.74, 6) is 1.09. The number of thioether (sulfide) groups is 1. The number of hydrogen-bond donors (Lipinski definition) is 2. The van der Waals surface area contributed by atoms with Crippen LogP contribution in [-0.2, 0) is 4.79 Å². The van der Waals surface area contributed by atoms with E-state index < -0.39 is 5.41 Å². The van der Waals surface area contributed by atoms with E-state index in [1.54, 1.807) is 16.7 Å². The first-order chi connectivity index (χ1) is 8.99. The number of amides is 1. The van der Waals surface area contributed by atoms with Crippen molar-refractivity contribution >= 4 is 23.5 Å². The van der Waals surface area contributed by atoms with Gasteiger partial charge in [-0.2, -0.15) is 11.8 Å². The molecule has 6 heteroatoms. The molecular weight excluding hydrogens is 262 g/mol. The smallest absolute Gasteiger partial charge is 0.236 e. The molecule has 0 aromatic heterocycles. The minimum absolute atomic E-state index is 0.00565. The summed E-state index contributed by atoms with van der Waals surface area (Å²) >= 11 is 1.77. The van der Waals surface area contributed by atoms with Crippen LogP contribution in [0.25, 0.3) is 0 Å². The van der Waals surface area contributed by atoms with Gasteiger partial charge in [0.2, 0.25) is 5.91 Å². The van der Waals surface area contributed by atoms with Crippen LogP contribution in [0.4, 0.5) is 0 Å². The summed E-state index contributed by atoms with van der Waals surface area (Å²) in [6, 6.07) is 0.170. The van der Waals surface area contributed by atoms with E-state index in [9.17, 15) is 4.79 Å². The van der Waals surface area contributed by atoms with Crippen molar-refractivity contribution in [2.45, 2.75) is 45.1 Å². The lowest BCUT2D eigenvalue weighted by Crippen LogP contribution is -2.51. The Labute approximate surface area is 119 Å². The highest BCUT2D eigenvalue weighted by Gasteiger charge is 2.47. The molecule has 0 heterocycles. The normalized spacial score (nSPS) is 20.3. The number of carbonyl (C=O) groups is 1. The molecule has 1 rings (SSSR count). The maximum absolute atomic E-state index is 12.7. The second-order valence-electron chi connectivity index (χ2n) is 5.32. The van der Waals surface area contributed by atoms with Crippen molar-refractivity contribution < 1.29 is 10.0 Å². The Hall–Kier alpha value is -0.910. The number of nitrogens with zero attached hydrogens (tertiary/aromatic N) is 2. The van der Waals surface area contributed by atoms with Gasteiger partial charge in [0.25, 0.3) is 0 Å². The molecule has 0 aliphatic heterocycles. The summed E-state index contributed by atoms with van der Waals surface area (Å²) in [5, 5.41) is 12.1. The van der Waals surface area contributed by atoms with Gasteiger partial charge in [0.05, 0.1) is 0 Å². The minimum atomic E-state index is -0.781. The van der Waals surface area contributed by atoms with Gasteiger partial charge in [-0.1, -0.05) is 18.0 Å². The first kappa shape index (κ1) is 16.1. The Balaban J connectivity index is 2.83. The van der Waals surface area contributed by atoms with Crippen molar-refractivity contribution in [1.29, 1.82) is 0 Å². The Morgan fingerprint density at radius 1 is 1.53 bits per heavy atom. The SMILES string of the molecule is CSCCC(C)N(C)C(=O)C1(C(N)=NO)CCCC1. The van der Waals surface area contributed by atoms with E-state index in [2.05, 4.69) is 11.4 Å². The molecule has 0 aromatic rings. The lowest BCUT2D eigenvalue weighted by molar-refractivity contribution is -0.138. The summed E-state index contributed by atoms with van der Waals surface area (Å²) in [7, 11) is 1.82. The Bertz CT molecular complexity index is 341. The molecule has 19 heavy (non-hydrogen) atoms. The Kier molecular flexibility index (Phi) is 5.97. The van der Waals surface area contributed by atoms with Crippen LogP contribution < -0.4 is 5.73 Å². The van der Waals surface area contributed by atoms with E-state index in [-0.39, 0.29) is 17.8 Å². The Morgan fingerprint density at radius 2 is 2.11 bits per heavy atom. The van der Waals surface area contributed by atoms with Crippen LogP contribution >= 0.6 is 11.8 Å². The summed E-state index contributed by atoms with van der Waals surface area (Å²) in [6.07, 6.45) is 6.28. The zero-order valence-electron chi connectivity index (χ0n) is 12.1. The molecule has 0 aromatic carbocycles. The monoisotopic (exact) mass is 287 g/mol. The second kappa shape index (κ2) is 7.03. The molecule has 1 aliphatic carbocycles. The number of rotatable bonds is 6. The molecule has 1 saturated carbocycles. The molecule has 0 spiro atoms. The average Bonchev–Trinajstić information content (AvgIpc) is 2.92. The van der Waals surface area contributed by atoms with Gasteiger partial charge in [0, 0.05) is 13.1 Å². The predicted octanol–water partition coefficient (Wildman–Crippen LogP) is 1.89. The zero-order chi connectivity index (χ0) is 14.5. The maximum atomic E-state index is 12.7. The molecular formula is C13H25N3O2S. The van der Waals surface area contributed by atoms with Crippen molar-refractivity contribution in [2.24, 2.45) is 16.3 Å². The van der Waals surface area contributed by atoms with Gasteiger partial charge < -0.3 is 15.8 Å². The van der Waals surface area contributed by atoms with Crippen LogP contribution in [0.2, 0.25) is 0 Å². The first-order valence-corrected chi connectivity index (χ1v) is 8.13. The molecule has 5 nitrogen and oxygen atoms in total. The molecule has 1 unspecified atom stereocenters. The standard InChI is InChI=1S/C13H25N3O2S/c1-10(6-9-19-3)16(2)12(17)13(11(14)15-18)7-4-5-8-13/h10,18H,4-9H2,1-3H3,(H2,14,15). The van der Waals surface area contributed by atoms with Crippen LogP contribution in [0.3, 0.4) is 0 Å². The van der Waals surface area contributed by atoms with E-state index >= 15 is 0 Å². The second-order valence-corrected chi connectivity index (χ2v) is 6.31. The molecule has 0 radical (unpaired) electrons. The van der Waals surface area contributed by atoms with E-state index in [1.165, 1.54) is 0 Å². The van der Waals surface area contributed by atoms with Crippen LogP contribution in [0.5, 0.6) is 0 Å². The molecule has 1 atom stereocenters. The summed E-state index contributed by atoms with van der Waals surface area (Å²) < 4.78 is 0. The highest BCUT2D eigenvalue weighted by atomic mass is 32.2. The van der Waals surface area contributed by atoms with Gasteiger partial charge in [0.1, 0.15) is 5.41 Å². The van der Waals surface area contributed by atoms with E-state index in [1.807, 2.05) is 14.0 Å². The average molecular weight is 287 g/mol. The van der Waals surface area contributed by atoms with E-state index in [0.717, 1.165) is 25.0 Å². The Morgan fingerprint density at radius 3 is 2.58 bits per heavy atom. The predicted molar refractivity (Wildman–Crippen MR) is 79.5 cm³/mol. The number of carbonyl (C=O) groups excluding carboxylic acids is 1. The van der Waals surface area contributed by atoms with Gasteiger partial charge in [-0.05, 0) is 38.2 Å². The molecule has 1 fully saturated rings. The molecule has 1 amide bonds. The summed E-state index contributed by atoms with van der Waals surface area (Å²) in [4.78, 5) is 14.5. The maximum Gasteiger partial charge on any atom is 0.236 e. The van der Waals surface area contributed by atoms with Gasteiger partial charge in [-0.3, -0.25) is 4.79 Å². The van der Waals surface area contributed by atoms with Crippen LogP contribution in [-0.4, -0.2) is 46.9 Å². The number of nitrogens with two attached hydrogens (primary N) is 1. The van der Waals surface area contributed by atoms with Crippen molar-refractivity contribution in [3.05, 3.63) is 0 Å². The van der Waals surface area contributed by atoms with E-state index in [4.69, 9.17) is 10.9 Å². The van der Waals surface area contributed by atoms with Crippen LogP contribution in [0, 0.1) is 5.41 Å². The van der Waals surface area contributed by atoms with Gasteiger partial charge >= 0.3 is 0 Å². The molecule has 0 saturated heterocycles. The lowest BCUT2D eigenvalue weighted by atomic mass is 9.83. The van der Waals surface area contributed by atoms with Gasteiger partial charge in [-0.25, -0.2) is 0 Å². The fourth-order valence-electron chi connectivity index (χ4n) is 2.67. The zero-order valence-corrected chi connectivity index (χ0v) is 12.9.